The minimum absolute atomic E-state index is 0.178. The predicted molar refractivity (Wildman–Crippen MR) is 54.2 cm³/mol. The molecule has 1 heterocycles. The smallest absolute Gasteiger partial charge is 0.358 e. The summed E-state index contributed by atoms with van der Waals surface area (Å²) in [5.74, 6) is -1.82. The van der Waals surface area contributed by atoms with Gasteiger partial charge in [0.25, 0.3) is 0 Å². The monoisotopic (exact) mass is 214 g/mol. The minimum atomic E-state index is -0.915. The summed E-state index contributed by atoms with van der Waals surface area (Å²) in [4.78, 5) is 34.3. The fourth-order valence-corrected chi connectivity index (χ4v) is 1.28. The maximum Gasteiger partial charge on any atom is 0.427 e. The average Bonchev–Trinajstić information content (AvgIpc) is 2.00. The average molecular weight is 214 g/mol. The van der Waals surface area contributed by atoms with E-state index in [0.29, 0.717) is 0 Å². The molecule has 6 heteroatoms. The first-order valence-electron chi connectivity index (χ1n) is 4.66. The highest BCUT2D eigenvalue weighted by Gasteiger charge is 2.21. The summed E-state index contributed by atoms with van der Waals surface area (Å²) in [7, 11) is 0. The largest absolute Gasteiger partial charge is 0.427 e. The second-order valence-electron chi connectivity index (χ2n) is 4.17. The molecule has 1 rings (SSSR count). The van der Waals surface area contributed by atoms with Crippen LogP contribution in [0.1, 0.15) is 27.7 Å². The Morgan fingerprint density at radius 1 is 1.13 bits per heavy atom. The molecule has 0 saturated carbocycles. The Morgan fingerprint density at radius 2 is 1.67 bits per heavy atom. The number of rotatable bonds is 1. The van der Waals surface area contributed by atoms with Crippen LogP contribution in [0.3, 0.4) is 0 Å². The lowest BCUT2D eigenvalue weighted by molar-refractivity contribution is 0.257. The van der Waals surface area contributed by atoms with Crippen molar-refractivity contribution in [1.82, 2.24) is 9.13 Å². The molecule has 0 aromatic carbocycles. The van der Waals surface area contributed by atoms with Crippen molar-refractivity contribution in [3.05, 3.63) is 31.6 Å². The van der Waals surface area contributed by atoms with Gasteiger partial charge in [0.2, 0.25) is 0 Å². The molecule has 0 saturated heterocycles. The number of nitrogens with zero attached hydrogens (tertiary/aromatic N) is 2. The summed E-state index contributed by atoms with van der Waals surface area (Å²) in [5.41, 5.74) is -1.34. The highest BCUT2D eigenvalue weighted by molar-refractivity contribution is 4.79. The van der Waals surface area contributed by atoms with Crippen molar-refractivity contribution in [2.24, 2.45) is 0 Å². The lowest BCUT2D eigenvalue weighted by Gasteiger charge is -2.19. The van der Waals surface area contributed by atoms with Crippen LogP contribution in [-0.2, 0) is 12.1 Å². The van der Waals surface area contributed by atoms with Gasteiger partial charge in [-0.25, -0.2) is 23.5 Å². The van der Waals surface area contributed by atoms with Crippen molar-refractivity contribution in [3.63, 3.8) is 0 Å². The molecular weight excluding hydrogens is 200 g/mol. The van der Waals surface area contributed by atoms with E-state index in [9.17, 15) is 14.4 Å². The first-order valence-corrected chi connectivity index (χ1v) is 4.66. The third-order valence-corrected chi connectivity index (χ3v) is 1.99. The van der Waals surface area contributed by atoms with Crippen LogP contribution >= 0.6 is 0 Å². The van der Waals surface area contributed by atoms with Crippen LogP contribution in [0.2, 0.25) is 0 Å². The molecule has 1 aromatic rings. The van der Waals surface area contributed by atoms with Gasteiger partial charge >= 0.3 is 17.2 Å². The van der Waals surface area contributed by atoms with Crippen LogP contribution in [0.4, 0.5) is 0 Å². The SMILES string of the molecule is CCn1c(=O)oc(=O)n(C(C)(C)C)c1=O. The van der Waals surface area contributed by atoms with Gasteiger partial charge in [0, 0.05) is 12.1 Å². The molecule has 0 atom stereocenters. The fourth-order valence-electron chi connectivity index (χ4n) is 1.28. The van der Waals surface area contributed by atoms with E-state index in [1.54, 1.807) is 27.7 Å². The summed E-state index contributed by atoms with van der Waals surface area (Å²) in [6.45, 7) is 6.88. The molecule has 0 amide bonds. The van der Waals surface area contributed by atoms with E-state index in [2.05, 4.69) is 4.42 Å². The maximum atomic E-state index is 11.8. The molecule has 84 valence electrons. The van der Waals surface area contributed by atoms with E-state index in [0.717, 1.165) is 9.13 Å². The van der Waals surface area contributed by atoms with Crippen molar-refractivity contribution in [2.45, 2.75) is 39.8 Å². The molecule has 6 nitrogen and oxygen atoms in total. The van der Waals surface area contributed by atoms with Crippen molar-refractivity contribution in [3.8, 4) is 0 Å². The third-order valence-electron chi connectivity index (χ3n) is 1.99. The van der Waals surface area contributed by atoms with Crippen molar-refractivity contribution >= 4 is 0 Å². The molecule has 0 aliphatic rings. The maximum absolute atomic E-state index is 11.8. The van der Waals surface area contributed by atoms with E-state index < -0.39 is 22.7 Å². The van der Waals surface area contributed by atoms with Gasteiger partial charge in [0.1, 0.15) is 0 Å². The fraction of sp³-hybridized carbons (Fsp3) is 0.667. The first-order chi connectivity index (χ1) is 6.79. The molecule has 15 heavy (non-hydrogen) atoms. The molecule has 0 bridgehead atoms. The van der Waals surface area contributed by atoms with Crippen LogP contribution in [-0.4, -0.2) is 9.13 Å². The van der Waals surface area contributed by atoms with E-state index in [4.69, 9.17) is 0 Å². The van der Waals surface area contributed by atoms with Gasteiger partial charge in [-0.1, -0.05) is 0 Å². The Hall–Kier alpha value is -1.59. The van der Waals surface area contributed by atoms with Gasteiger partial charge in [-0.05, 0) is 27.7 Å². The lowest BCUT2D eigenvalue weighted by atomic mass is 10.1. The van der Waals surface area contributed by atoms with Gasteiger partial charge in [-0.2, -0.15) is 0 Å². The Bertz CT molecular complexity index is 527. The molecule has 0 aliphatic carbocycles. The van der Waals surface area contributed by atoms with Gasteiger partial charge in [-0.15, -0.1) is 0 Å². The van der Waals surface area contributed by atoms with Crippen LogP contribution in [0, 0.1) is 0 Å². The number of hydrogen-bond acceptors (Lipinski definition) is 4. The molecular formula is C9H14N2O4. The number of aromatic nitrogens is 2. The van der Waals surface area contributed by atoms with Crippen molar-refractivity contribution in [1.29, 1.82) is 0 Å². The van der Waals surface area contributed by atoms with E-state index in [1.807, 2.05) is 0 Å². The van der Waals surface area contributed by atoms with Gasteiger partial charge in [0.15, 0.2) is 0 Å². The summed E-state index contributed by atoms with van der Waals surface area (Å²) in [5, 5.41) is 0. The second-order valence-corrected chi connectivity index (χ2v) is 4.17. The summed E-state index contributed by atoms with van der Waals surface area (Å²) < 4.78 is 6.26. The highest BCUT2D eigenvalue weighted by Crippen LogP contribution is 2.06. The van der Waals surface area contributed by atoms with E-state index >= 15 is 0 Å². The number of hydrogen-bond donors (Lipinski definition) is 0. The molecule has 0 fully saturated rings. The molecule has 0 aliphatic heterocycles. The summed E-state index contributed by atoms with van der Waals surface area (Å²) in [6, 6.07) is 0. The molecule has 0 unspecified atom stereocenters. The van der Waals surface area contributed by atoms with Crippen LogP contribution in [0.5, 0.6) is 0 Å². The Balaban J connectivity index is 3.78. The zero-order valence-corrected chi connectivity index (χ0v) is 9.23. The second kappa shape index (κ2) is 3.52. The van der Waals surface area contributed by atoms with Crippen LogP contribution in [0.15, 0.2) is 18.8 Å². The van der Waals surface area contributed by atoms with E-state index in [-0.39, 0.29) is 6.54 Å². The molecule has 0 radical (unpaired) electrons. The van der Waals surface area contributed by atoms with Gasteiger partial charge in [-0.3, -0.25) is 0 Å². The Labute approximate surface area is 85.8 Å². The Kier molecular flexibility index (Phi) is 2.70. The standard InChI is InChI=1S/C9H14N2O4/c1-5-10-6(12)11(9(2,3)4)8(14)15-7(10)13/h5H2,1-4H3. The quantitative estimate of drug-likeness (QED) is 0.645. The molecule has 0 N–H and O–H groups in total. The normalized spacial score (nSPS) is 11.7. The molecule has 1 aromatic heterocycles. The van der Waals surface area contributed by atoms with E-state index in [1.165, 1.54) is 0 Å². The third kappa shape index (κ3) is 1.93. The van der Waals surface area contributed by atoms with Crippen molar-refractivity contribution in [2.75, 3.05) is 0 Å². The highest BCUT2D eigenvalue weighted by atomic mass is 16.5. The zero-order valence-electron chi connectivity index (χ0n) is 9.23. The van der Waals surface area contributed by atoms with Crippen LogP contribution < -0.4 is 17.2 Å². The minimum Gasteiger partial charge on any atom is -0.358 e. The van der Waals surface area contributed by atoms with Crippen molar-refractivity contribution < 1.29 is 4.42 Å². The predicted octanol–water partition coefficient (Wildman–Crippen LogP) is -0.262. The van der Waals surface area contributed by atoms with Crippen LogP contribution in [0.25, 0.3) is 0 Å². The summed E-state index contributed by atoms with van der Waals surface area (Å²) in [6.07, 6.45) is 0. The first kappa shape index (κ1) is 11.5. The zero-order chi connectivity index (χ0) is 11.8. The lowest BCUT2D eigenvalue weighted by Crippen LogP contribution is -2.51. The summed E-state index contributed by atoms with van der Waals surface area (Å²) >= 11 is 0. The topological polar surface area (TPSA) is 74.2 Å². The van der Waals surface area contributed by atoms with Gasteiger partial charge in [0.05, 0.1) is 0 Å². The molecule has 0 spiro atoms. The Morgan fingerprint density at radius 3 is 2.07 bits per heavy atom. The van der Waals surface area contributed by atoms with Gasteiger partial charge < -0.3 is 4.42 Å².